The van der Waals surface area contributed by atoms with Gasteiger partial charge in [0.25, 0.3) is 0 Å². The Kier molecular flexibility index (Phi) is 8.36. The Morgan fingerprint density at radius 1 is 0.857 bits per heavy atom. The van der Waals surface area contributed by atoms with E-state index in [9.17, 15) is 4.39 Å². The summed E-state index contributed by atoms with van der Waals surface area (Å²) in [5.74, 6) is 0.716. The second-order valence-electron chi connectivity index (χ2n) is 7.63. The number of rotatable bonds is 7. The van der Waals surface area contributed by atoms with Crippen molar-refractivity contribution in [1.82, 2.24) is 20.4 Å². The van der Waals surface area contributed by atoms with E-state index in [1.165, 1.54) is 44.5 Å². The van der Waals surface area contributed by atoms with Crippen LogP contribution in [-0.4, -0.2) is 88.3 Å². The van der Waals surface area contributed by atoms with Crippen molar-refractivity contribution in [2.45, 2.75) is 19.3 Å². The molecule has 28 heavy (non-hydrogen) atoms. The largest absolute Gasteiger partial charge is 0.369 e. The molecule has 2 fully saturated rings. The van der Waals surface area contributed by atoms with Gasteiger partial charge in [0.2, 0.25) is 0 Å². The number of benzene rings is 1. The number of aliphatic imine (C=N–C) groups is 1. The van der Waals surface area contributed by atoms with Gasteiger partial charge < -0.3 is 20.4 Å². The molecule has 156 valence electrons. The summed E-state index contributed by atoms with van der Waals surface area (Å²) in [5.41, 5.74) is 1.11. The first-order valence-electron chi connectivity index (χ1n) is 10.6. The number of hydrogen-bond donors (Lipinski definition) is 2. The third-order valence-electron chi connectivity index (χ3n) is 5.68. The first-order valence-corrected chi connectivity index (χ1v) is 10.6. The monoisotopic (exact) mass is 390 g/mol. The molecule has 0 saturated carbocycles. The zero-order chi connectivity index (χ0) is 19.6. The van der Waals surface area contributed by atoms with Crippen molar-refractivity contribution in [1.29, 1.82) is 0 Å². The fourth-order valence-corrected chi connectivity index (χ4v) is 3.95. The Balaban J connectivity index is 1.28. The molecule has 6 nitrogen and oxygen atoms in total. The average Bonchev–Trinajstić information content (AvgIpc) is 2.74. The van der Waals surface area contributed by atoms with Crippen molar-refractivity contribution in [2.24, 2.45) is 4.99 Å². The van der Waals surface area contributed by atoms with Gasteiger partial charge in [-0.1, -0.05) is 6.42 Å². The molecule has 0 atom stereocenters. The van der Waals surface area contributed by atoms with Crippen LogP contribution in [0.15, 0.2) is 29.3 Å². The van der Waals surface area contributed by atoms with Crippen LogP contribution in [0.5, 0.6) is 0 Å². The molecule has 3 rings (SSSR count). The Morgan fingerprint density at radius 2 is 1.43 bits per heavy atom. The van der Waals surface area contributed by atoms with Crippen molar-refractivity contribution in [3.63, 3.8) is 0 Å². The molecule has 2 heterocycles. The van der Waals surface area contributed by atoms with E-state index in [2.05, 4.69) is 30.3 Å². The molecule has 0 radical (unpaired) electrons. The van der Waals surface area contributed by atoms with Crippen molar-refractivity contribution in [3.05, 3.63) is 30.1 Å². The van der Waals surface area contributed by atoms with Crippen LogP contribution in [0, 0.1) is 5.82 Å². The van der Waals surface area contributed by atoms with Gasteiger partial charge >= 0.3 is 0 Å². The maximum Gasteiger partial charge on any atom is 0.191 e. The maximum absolute atomic E-state index is 13.1. The van der Waals surface area contributed by atoms with Gasteiger partial charge in [-0.2, -0.15) is 0 Å². The molecule has 2 aliphatic rings. The van der Waals surface area contributed by atoms with E-state index in [0.717, 1.165) is 64.0 Å². The molecule has 0 aliphatic carbocycles. The summed E-state index contributed by atoms with van der Waals surface area (Å²) in [7, 11) is 1.83. The van der Waals surface area contributed by atoms with E-state index in [1.807, 2.05) is 19.2 Å². The molecule has 1 aromatic carbocycles. The normalized spacial score (nSPS) is 19.6. The van der Waals surface area contributed by atoms with Crippen LogP contribution in [0.1, 0.15) is 19.3 Å². The SMILES string of the molecule is CN=C(NCCN1CCCCC1)NCCN1CCN(c2ccc(F)cc2)CC1. The second-order valence-corrected chi connectivity index (χ2v) is 7.63. The van der Waals surface area contributed by atoms with Gasteiger partial charge in [-0.05, 0) is 50.2 Å². The minimum Gasteiger partial charge on any atom is -0.369 e. The topological polar surface area (TPSA) is 46.1 Å². The van der Waals surface area contributed by atoms with Gasteiger partial charge in [0.1, 0.15) is 5.82 Å². The summed E-state index contributed by atoms with van der Waals surface area (Å²) in [6.07, 6.45) is 4.05. The number of halogens is 1. The lowest BCUT2D eigenvalue weighted by Crippen LogP contribution is -2.49. The summed E-state index contributed by atoms with van der Waals surface area (Å²) in [4.78, 5) is 11.7. The standard InChI is InChI=1S/C21H35FN6/c1-23-21(24-9-13-26-11-3-2-4-12-26)25-10-14-27-15-17-28(18-16-27)20-7-5-19(22)6-8-20/h5-8H,2-4,9-18H2,1H3,(H2,23,24,25). The Hall–Kier alpha value is -1.86. The summed E-state index contributed by atoms with van der Waals surface area (Å²) in [5, 5.41) is 6.85. The smallest absolute Gasteiger partial charge is 0.191 e. The van der Waals surface area contributed by atoms with Crippen LogP contribution in [0.4, 0.5) is 10.1 Å². The van der Waals surface area contributed by atoms with Crippen LogP contribution in [-0.2, 0) is 0 Å². The number of likely N-dealkylation sites (tertiary alicyclic amines) is 1. The molecular formula is C21H35FN6. The molecule has 0 unspecified atom stereocenters. The van der Waals surface area contributed by atoms with E-state index >= 15 is 0 Å². The van der Waals surface area contributed by atoms with Crippen molar-refractivity contribution >= 4 is 11.6 Å². The van der Waals surface area contributed by atoms with Gasteiger partial charge in [0.15, 0.2) is 5.96 Å². The summed E-state index contributed by atoms with van der Waals surface area (Å²) >= 11 is 0. The zero-order valence-electron chi connectivity index (χ0n) is 17.2. The summed E-state index contributed by atoms with van der Waals surface area (Å²) < 4.78 is 13.1. The van der Waals surface area contributed by atoms with Crippen molar-refractivity contribution in [2.75, 3.05) is 77.4 Å². The third-order valence-corrected chi connectivity index (χ3v) is 5.68. The summed E-state index contributed by atoms with van der Waals surface area (Å²) in [6, 6.07) is 6.81. The van der Waals surface area contributed by atoms with Crippen LogP contribution >= 0.6 is 0 Å². The Morgan fingerprint density at radius 3 is 2.00 bits per heavy atom. The highest BCUT2D eigenvalue weighted by molar-refractivity contribution is 5.79. The van der Waals surface area contributed by atoms with E-state index < -0.39 is 0 Å². The van der Waals surface area contributed by atoms with Gasteiger partial charge in [0, 0.05) is 65.1 Å². The van der Waals surface area contributed by atoms with E-state index in [0.29, 0.717) is 0 Å². The molecule has 2 saturated heterocycles. The van der Waals surface area contributed by atoms with E-state index in [4.69, 9.17) is 0 Å². The highest BCUT2D eigenvalue weighted by atomic mass is 19.1. The lowest BCUT2D eigenvalue weighted by Gasteiger charge is -2.36. The lowest BCUT2D eigenvalue weighted by atomic mass is 10.1. The Labute approximate surface area is 168 Å². The number of anilines is 1. The third kappa shape index (κ3) is 6.63. The summed E-state index contributed by atoms with van der Waals surface area (Å²) in [6.45, 7) is 10.4. The minimum absolute atomic E-state index is 0.175. The quantitative estimate of drug-likeness (QED) is 0.547. The zero-order valence-corrected chi connectivity index (χ0v) is 17.2. The molecule has 2 N–H and O–H groups in total. The molecule has 7 heteroatoms. The molecule has 0 bridgehead atoms. The fraction of sp³-hybridized carbons (Fsp3) is 0.667. The minimum atomic E-state index is -0.175. The predicted molar refractivity (Wildman–Crippen MR) is 115 cm³/mol. The van der Waals surface area contributed by atoms with Crippen molar-refractivity contribution < 1.29 is 4.39 Å². The number of nitrogens with zero attached hydrogens (tertiary/aromatic N) is 4. The van der Waals surface area contributed by atoms with Crippen molar-refractivity contribution in [3.8, 4) is 0 Å². The van der Waals surface area contributed by atoms with E-state index in [-0.39, 0.29) is 5.82 Å². The number of hydrogen-bond acceptors (Lipinski definition) is 4. The van der Waals surface area contributed by atoms with Gasteiger partial charge in [0.05, 0.1) is 0 Å². The molecule has 2 aliphatic heterocycles. The molecule has 0 spiro atoms. The van der Waals surface area contributed by atoms with Crippen LogP contribution in [0.3, 0.4) is 0 Å². The maximum atomic E-state index is 13.1. The van der Waals surface area contributed by atoms with Crippen LogP contribution in [0.25, 0.3) is 0 Å². The number of piperazine rings is 1. The Bertz CT molecular complexity index is 591. The highest BCUT2D eigenvalue weighted by Gasteiger charge is 2.17. The second kappa shape index (κ2) is 11.2. The van der Waals surface area contributed by atoms with Gasteiger partial charge in [-0.25, -0.2) is 4.39 Å². The fourth-order valence-electron chi connectivity index (χ4n) is 3.95. The van der Waals surface area contributed by atoms with Crippen LogP contribution in [0.2, 0.25) is 0 Å². The van der Waals surface area contributed by atoms with Gasteiger partial charge in [-0.3, -0.25) is 9.89 Å². The number of guanidine groups is 1. The molecule has 0 aromatic heterocycles. The molecule has 0 amide bonds. The molecular weight excluding hydrogens is 355 g/mol. The first-order chi connectivity index (χ1) is 13.7. The highest BCUT2D eigenvalue weighted by Crippen LogP contribution is 2.16. The van der Waals surface area contributed by atoms with Gasteiger partial charge in [-0.15, -0.1) is 0 Å². The van der Waals surface area contributed by atoms with E-state index in [1.54, 1.807) is 0 Å². The average molecular weight is 391 g/mol. The number of nitrogens with one attached hydrogen (secondary N) is 2. The van der Waals surface area contributed by atoms with Crippen LogP contribution < -0.4 is 15.5 Å². The lowest BCUT2D eigenvalue weighted by molar-refractivity contribution is 0.232. The number of piperidine rings is 1. The predicted octanol–water partition coefficient (Wildman–Crippen LogP) is 1.60. The first kappa shape index (κ1) is 20.9. The molecule has 1 aromatic rings.